The van der Waals surface area contributed by atoms with Crippen LogP contribution >= 0.6 is 0 Å². The van der Waals surface area contributed by atoms with Crippen LogP contribution in [0.1, 0.15) is 0 Å². The third-order valence-corrected chi connectivity index (χ3v) is 2.91. The molecule has 94 valence electrons. The van der Waals surface area contributed by atoms with E-state index in [4.69, 9.17) is 0 Å². The number of aromatic nitrogens is 3. The van der Waals surface area contributed by atoms with Crippen LogP contribution < -0.4 is 21.4 Å². The summed E-state index contributed by atoms with van der Waals surface area (Å²) in [6, 6.07) is 9.65. The van der Waals surface area contributed by atoms with E-state index in [1.54, 1.807) is 12.4 Å². The Hall–Kier alpha value is -2.82. The molecule has 0 atom stereocenters. The summed E-state index contributed by atoms with van der Waals surface area (Å²) in [6.07, 6.45) is 3.39. The summed E-state index contributed by atoms with van der Waals surface area (Å²) in [5.74, 6) is 0. The quantitative estimate of drug-likeness (QED) is 0.622. The lowest BCUT2D eigenvalue weighted by Crippen LogP contribution is -2.33. The van der Waals surface area contributed by atoms with Crippen molar-refractivity contribution in [2.24, 2.45) is 0 Å². The minimum Gasteiger partial charge on any atom is -0.360 e. The van der Waals surface area contributed by atoms with Gasteiger partial charge in [-0.15, -0.1) is 0 Å². The molecule has 0 unspecified atom stereocenters. The third kappa shape index (κ3) is 2.01. The molecular weight excluding hydrogens is 240 g/mol. The summed E-state index contributed by atoms with van der Waals surface area (Å²) >= 11 is 0. The Morgan fingerprint density at radius 2 is 2.11 bits per heavy atom. The Morgan fingerprint density at radius 1 is 1.21 bits per heavy atom. The first kappa shape index (κ1) is 11.3. The normalized spacial score (nSPS) is 11.9. The van der Waals surface area contributed by atoms with Crippen molar-refractivity contribution in [3.63, 3.8) is 0 Å². The largest absolute Gasteiger partial charge is 0.360 e. The summed E-state index contributed by atoms with van der Waals surface area (Å²) in [4.78, 5) is 15.8. The molecule has 0 saturated heterocycles. The van der Waals surface area contributed by atoms with Gasteiger partial charge < -0.3 is 5.32 Å². The maximum Gasteiger partial charge on any atom is 0.273 e. The van der Waals surface area contributed by atoms with Crippen molar-refractivity contribution in [3.8, 4) is 0 Å². The van der Waals surface area contributed by atoms with Crippen molar-refractivity contribution in [1.29, 1.82) is 0 Å². The molecule has 19 heavy (non-hydrogen) atoms. The molecule has 5 heteroatoms. The minimum absolute atomic E-state index is 0.198. The van der Waals surface area contributed by atoms with E-state index in [0.717, 1.165) is 16.6 Å². The monoisotopic (exact) mass is 252 g/mol. The fourth-order valence-electron chi connectivity index (χ4n) is 1.94. The highest BCUT2D eigenvalue weighted by atomic mass is 16.1. The maximum absolute atomic E-state index is 11.5. The molecule has 0 radical (unpaired) electrons. The van der Waals surface area contributed by atoms with E-state index in [-0.39, 0.29) is 5.56 Å². The van der Waals surface area contributed by atoms with Gasteiger partial charge in [-0.05, 0) is 24.3 Å². The molecule has 0 bridgehead atoms. The molecule has 0 aliphatic carbocycles. The van der Waals surface area contributed by atoms with Gasteiger partial charge in [-0.1, -0.05) is 12.6 Å². The number of pyridine rings is 1. The van der Waals surface area contributed by atoms with Crippen molar-refractivity contribution in [2.45, 2.75) is 0 Å². The van der Waals surface area contributed by atoms with Crippen LogP contribution in [0, 0.1) is 0 Å². The highest BCUT2D eigenvalue weighted by Gasteiger charge is 1.99. The molecule has 0 spiro atoms. The van der Waals surface area contributed by atoms with Gasteiger partial charge in [-0.25, -0.2) is 0 Å². The van der Waals surface area contributed by atoms with E-state index in [1.165, 1.54) is 0 Å². The number of hydrogen-bond acceptors (Lipinski definition) is 3. The Morgan fingerprint density at radius 3 is 2.89 bits per heavy atom. The first-order valence-electron chi connectivity index (χ1n) is 5.82. The molecule has 1 aromatic carbocycles. The van der Waals surface area contributed by atoms with Gasteiger partial charge in [0.15, 0.2) is 0 Å². The van der Waals surface area contributed by atoms with Gasteiger partial charge in [0.1, 0.15) is 0 Å². The summed E-state index contributed by atoms with van der Waals surface area (Å²) in [5.41, 5.74) is 1.60. The van der Waals surface area contributed by atoms with Crippen molar-refractivity contribution < 1.29 is 0 Å². The number of hydrogen-bond donors (Lipinski definition) is 3. The lowest BCUT2D eigenvalue weighted by atomic mass is 10.2. The van der Waals surface area contributed by atoms with Crippen LogP contribution in [-0.2, 0) is 0 Å². The lowest BCUT2D eigenvalue weighted by molar-refractivity contribution is 1.04. The number of benzene rings is 1. The summed E-state index contributed by atoms with van der Waals surface area (Å²) in [6.45, 7) is 3.75. The van der Waals surface area contributed by atoms with Crippen LogP contribution in [0.15, 0.2) is 41.3 Å². The van der Waals surface area contributed by atoms with E-state index in [9.17, 15) is 4.79 Å². The average molecular weight is 252 g/mol. The number of nitrogens with one attached hydrogen (secondary N) is 3. The van der Waals surface area contributed by atoms with Gasteiger partial charge in [0.05, 0.1) is 16.1 Å². The molecule has 2 heterocycles. The third-order valence-electron chi connectivity index (χ3n) is 2.91. The first-order valence-corrected chi connectivity index (χ1v) is 5.82. The second-order valence-electron chi connectivity index (χ2n) is 4.14. The van der Waals surface area contributed by atoms with Gasteiger partial charge >= 0.3 is 0 Å². The Kier molecular flexibility index (Phi) is 2.64. The van der Waals surface area contributed by atoms with Crippen LogP contribution in [-0.4, -0.2) is 15.2 Å². The number of H-pyrrole nitrogens is 2. The average Bonchev–Trinajstić information content (AvgIpc) is 2.76. The Bertz CT molecular complexity index is 856. The highest BCUT2D eigenvalue weighted by Crippen LogP contribution is 2.20. The lowest BCUT2D eigenvalue weighted by Gasteiger charge is -2.04. The van der Waals surface area contributed by atoms with Gasteiger partial charge in [-0.2, -0.15) is 0 Å². The van der Waals surface area contributed by atoms with Gasteiger partial charge in [-0.3, -0.25) is 20.0 Å². The van der Waals surface area contributed by atoms with Crippen LogP contribution in [0.2, 0.25) is 0 Å². The summed E-state index contributed by atoms with van der Waals surface area (Å²) in [7, 11) is 0. The topological polar surface area (TPSA) is 73.6 Å². The van der Waals surface area contributed by atoms with Gasteiger partial charge in [0.2, 0.25) is 0 Å². The molecular formula is C14H12N4O. The zero-order valence-electron chi connectivity index (χ0n) is 10.1. The Labute approximate surface area is 108 Å². The molecule has 0 saturated carbocycles. The molecule has 3 aromatic rings. The smallest absolute Gasteiger partial charge is 0.273 e. The fourth-order valence-corrected chi connectivity index (χ4v) is 1.94. The van der Waals surface area contributed by atoms with Crippen molar-refractivity contribution in [3.05, 3.63) is 57.5 Å². The molecule has 0 aliphatic heterocycles. The number of anilines is 1. The zero-order valence-corrected chi connectivity index (χ0v) is 10.1. The first-order chi connectivity index (χ1) is 9.25. The molecule has 0 aliphatic rings. The van der Waals surface area contributed by atoms with Gasteiger partial charge in [0.25, 0.3) is 5.56 Å². The predicted molar refractivity (Wildman–Crippen MR) is 76.0 cm³/mol. The van der Waals surface area contributed by atoms with E-state index >= 15 is 0 Å². The number of nitrogens with zero attached hydrogens (tertiary/aromatic N) is 1. The zero-order chi connectivity index (χ0) is 13.2. The second-order valence-corrected chi connectivity index (χ2v) is 4.14. The van der Waals surface area contributed by atoms with Crippen LogP contribution in [0.3, 0.4) is 0 Å². The number of fused-ring (bicyclic) bond motifs is 1. The van der Waals surface area contributed by atoms with E-state index < -0.39 is 0 Å². The molecule has 3 N–H and O–H groups in total. The predicted octanol–water partition coefficient (Wildman–Crippen LogP) is 0.512. The number of aromatic amines is 2. The molecule has 5 nitrogen and oxygen atoms in total. The SMILES string of the molecule is C=c1[nH][nH]c(=O)/c1=C\Nc1cccc2ncccc12. The summed E-state index contributed by atoms with van der Waals surface area (Å²) < 4.78 is 0. The Balaban J connectivity index is 2.11. The minimum atomic E-state index is -0.198. The van der Waals surface area contributed by atoms with Crippen molar-refractivity contribution in [1.82, 2.24) is 15.2 Å². The fraction of sp³-hybridized carbons (Fsp3) is 0. The molecule has 2 aromatic heterocycles. The molecule has 0 fully saturated rings. The van der Waals surface area contributed by atoms with Crippen LogP contribution in [0.25, 0.3) is 23.7 Å². The molecule has 3 rings (SSSR count). The van der Waals surface area contributed by atoms with E-state index in [1.807, 2.05) is 30.3 Å². The van der Waals surface area contributed by atoms with Gasteiger partial charge in [0, 0.05) is 23.5 Å². The highest BCUT2D eigenvalue weighted by molar-refractivity contribution is 5.92. The van der Waals surface area contributed by atoms with E-state index in [2.05, 4.69) is 27.1 Å². The summed E-state index contributed by atoms with van der Waals surface area (Å²) in [5, 5.41) is 10.3. The van der Waals surface area contributed by atoms with Crippen LogP contribution in [0.4, 0.5) is 5.69 Å². The van der Waals surface area contributed by atoms with Crippen molar-refractivity contribution in [2.75, 3.05) is 5.32 Å². The molecule has 0 amide bonds. The second kappa shape index (κ2) is 4.45. The number of rotatable bonds is 2. The standard InChI is InChI=1S/C14H12N4O/c1-9-11(14(19)18-17-9)8-16-13-6-2-5-12-10(13)4-3-7-15-12/h2-8,16-17H,1H2,(H,18,19)/b11-8-. The maximum atomic E-state index is 11.5. The van der Waals surface area contributed by atoms with Crippen molar-refractivity contribution >= 4 is 29.4 Å². The van der Waals surface area contributed by atoms with E-state index in [0.29, 0.717) is 10.6 Å². The van der Waals surface area contributed by atoms with Crippen LogP contribution in [0.5, 0.6) is 0 Å².